The first kappa shape index (κ1) is 11.4. The molecule has 90 valence electrons. The van der Waals surface area contributed by atoms with Crippen molar-refractivity contribution >= 4 is 27.3 Å². The molecule has 3 rings (SSSR count). The SMILES string of the molecule is OCC1CCCn2nc(-c3ccc(Br)s3)nc21. The number of fused-ring (bicyclic) bond motifs is 1. The Balaban J connectivity index is 2.01. The molecule has 17 heavy (non-hydrogen) atoms. The van der Waals surface area contributed by atoms with Crippen molar-refractivity contribution in [1.29, 1.82) is 0 Å². The van der Waals surface area contributed by atoms with Crippen molar-refractivity contribution in [3.63, 3.8) is 0 Å². The maximum absolute atomic E-state index is 9.34. The first-order valence-electron chi connectivity index (χ1n) is 5.59. The van der Waals surface area contributed by atoms with Gasteiger partial charge >= 0.3 is 0 Å². The van der Waals surface area contributed by atoms with E-state index in [4.69, 9.17) is 0 Å². The monoisotopic (exact) mass is 313 g/mol. The molecule has 0 aliphatic carbocycles. The van der Waals surface area contributed by atoms with E-state index in [1.165, 1.54) is 0 Å². The Morgan fingerprint density at radius 2 is 2.41 bits per heavy atom. The molecule has 2 aromatic rings. The summed E-state index contributed by atoms with van der Waals surface area (Å²) in [5.41, 5.74) is 0. The maximum Gasteiger partial charge on any atom is 0.191 e. The number of hydrogen-bond acceptors (Lipinski definition) is 4. The Labute approximate surface area is 111 Å². The first-order valence-corrected chi connectivity index (χ1v) is 7.20. The van der Waals surface area contributed by atoms with Crippen LogP contribution in [0.5, 0.6) is 0 Å². The van der Waals surface area contributed by atoms with Crippen molar-refractivity contribution in [3.8, 4) is 10.7 Å². The lowest BCUT2D eigenvalue weighted by molar-refractivity contribution is 0.234. The van der Waals surface area contributed by atoms with Crippen molar-refractivity contribution < 1.29 is 5.11 Å². The Hall–Kier alpha value is -0.720. The van der Waals surface area contributed by atoms with Gasteiger partial charge in [0.15, 0.2) is 5.82 Å². The minimum Gasteiger partial charge on any atom is -0.396 e. The summed E-state index contributed by atoms with van der Waals surface area (Å²) in [5, 5.41) is 13.9. The van der Waals surface area contributed by atoms with Gasteiger partial charge < -0.3 is 5.11 Å². The van der Waals surface area contributed by atoms with Crippen LogP contribution < -0.4 is 0 Å². The van der Waals surface area contributed by atoms with Crippen molar-refractivity contribution in [1.82, 2.24) is 14.8 Å². The molecule has 2 aromatic heterocycles. The molecule has 0 spiro atoms. The molecule has 1 aliphatic rings. The Morgan fingerprint density at radius 3 is 3.12 bits per heavy atom. The van der Waals surface area contributed by atoms with E-state index in [1.807, 2.05) is 16.8 Å². The van der Waals surface area contributed by atoms with Crippen molar-refractivity contribution in [2.24, 2.45) is 0 Å². The number of thiophene rings is 1. The van der Waals surface area contributed by atoms with Crippen molar-refractivity contribution in [3.05, 3.63) is 21.7 Å². The number of aryl methyl sites for hydroxylation is 1. The number of aromatic nitrogens is 3. The molecular weight excluding hydrogens is 302 g/mol. The lowest BCUT2D eigenvalue weighted by atomic mass is 10.0. The summed E-state index contributed by atoms with van der Waals surface area (Å²) in [6, 6.07) is 4.02. The first-order chi connectivity index (χ1) is 8.28. The molecular formula is C11H12BrN3OS. The number of rotatable bonds is 2. The van der Waals surface area contributed by atoms with E-state index in [0.29, 0.717) is 0 Å². The molecule has 6 heteroatoms. The zero-order valence-electron chi connectivity index (χ0n) is 9.14. The highest BCUT2D eigenvalue weighted by atomic mass is 79.9. The average molecular weight is 314 g/mol. The lowest BCUT2D eigenvalue weighted by Gasteiger charge is -2.19. The van der Waals surface area contributed by atoms with Crippen LogP contribution in [-0.4, -0.2) is 26.5 Å². The molecule has 3 heterocycles. The van der Waals surface area contributed by atoms with Gasteiger partial charge in [0.05, 0.1) is 15.3 Å². The zero-order valence-corrected chi connectivity index (χ0v) is 11.5. The quantitative estimate of drug-likeness (QED) is 0.927. The van der Waals surface area contributed by atoms with E-state index < -0.39 is 0 Å². The molecule has 0 saturated heterocycles. The summed E-state index contributed by atoms with van der Waals surface area (Å²) in [5.74, 6) is 1.85. The number of nitrogens with zero attached hydrogens (tertiary/aromatic N) is 3. The molecule has 0 fully saturated rings. The van der Waals surface area contributed by atoms with E-state index in [2.05, 4.69) is 26.0 Å². The second kappa shape index (κ2) is 4.51. The summed E-state index contributed by atoms with van der Waals surface area (Å²) in [6.07, 6.45) is 2.07. The van der Waals surface area contributed by atoms with Crippen LogP contribution in [0.15, 0.2) is 15.9 Å². The molecule has 1 aliphatic heterocycles. The van der Waals surface area contributed by atoms with E-state index >= 15 is 0 Å². The van der Waals surface area contributed by atoms with E-state index in [1.54, 1.807) is 11.3 Å². The lowest BCUT2D eigenvalue weighted by Crippen LogP contribution is -2.19. The van der Waals surface area contributed by atoms with Crippen LogP contribution in [0, 0.1) is 0 Å². The number of aliphatic hydroxyl groups is 1. The molecule has 1 N–H and O–H groups in total. The predicted octanol–water partition coefficient (Wildman–Crippen LogP) is 2.64. The topological polar surface area (TPSA) is 50.9 Å². The van der Waals surface area contributed by atoms with Gasteiger partial charge in [-0.05, 0) is 40.9 Å². The molecule has 4 nitrogen and oxygen atoms in total. The van der Waals surface area contributed by atoms with Gasteiger partial charge in [-0.1, -0.05) is 0 Å². The van der Waals surface area contributed by atoms with Gasteiger partial charge in [-0.25, -0.2) is 9.67 Å². The summed E-state index contributed by atoms with van der Waals surface area (Å²) in [4.78, 5) is 5.63. The second-order valence-electron chi connectivity index (χ2n) is 4.14. The van der Waals surface area contributed by atoms with E-state index in [0.717, 1.165) is 39.7 Å². The third-order valence-corrected chi connectivity index (χ3v) is 4.62. The van der Waals surface area contributed by atoms with E-state index in [9.17, 15) is 5.11 Å². The number of aliphatic hydroxyl groups excluding tert-OH is 1. The third-order valence-electron chi connectivity index (χ3n) is 3.00. The third kappa shape index (κ3) is 2.05. The summed E-state index contributed by atoms with van der Waals surface area (Å²) < 4.78 is 3.02. The van der Waals surface area contributed by atoms with Crippen LogP contribution in [-0.2, 0) is 6.54 Å². The van der Waals surface area contributed by atoms with Gasteiger partial charge in [-0.3, -0.25) is 0 Å². The molecule has 0 amide bonds. The summed E-state index contributed by atoms with van der Waals surface area (Å²) in [6.45, 7) is 1.07. The minimum absolute atomic E-state index is 0.147. The fourth-order valence-electron chi connectivity index (χ4n) is 2.15. The predicted molar refractivity (Wildman–Crippen MR) is 70.1 cm³/mol. The Morgan fingerprint density at radius 1 is 1.53 bits per heavy atom. The van der Waals surface area contributed by atoms with Crippen LogP contribution >= 0.6 is 27.3 Å². The molecule has 0 radical (unpaired) electrons. The van der Waals surface area contributed by atoms with Crippen molar-refractivity contribution in [2.45, 2.75) is 25.3 Å². The maximum atomic E-state index is 9.34. The van der Waals surface area contributed by atoms with Gasteiger partial charge in [0.2, 0.25) is 0 Å². The number of hydrogen-bond donors (Lipinski definition) is 1. The summed E-state index contributed by atoms with van der Waals surface area (Å²) in [7, 11) is 0. The molecule has 0 bridgehead atoms. The zero-order chi connectivity index (χ0) is 11.8. The molecule has 0 saturated carbocycles. The molecule has 0 aromatic carbocycles. The van der Waals surface area contributed by atoms with Gasteiger partial charge in [-0.2, -0.15) is 0 Å². The van der Waals surface area contributed by atoms with Crippen LogP contribution in [0.3, 0.4) is 0 Å². The highest BCUT2D eigenvalue weighted by molar-refractivity contribution is 9.11. The van der Waals surface area contributed by atoms with E-state index in [-0.39, 0.29) is 12.5 Å². The van der Waals surface area contributed by atoms with Gasteiger partial charge in [0.1, 0.15) is 5.82 Å². The standard InChI is InChI=1S/C11H12BrN3OS/c12-9-4-3-8(17-9)10-13-11-7(6-16)2-1-5-15(11)14-10/h3-4,7,16H,1-2,5-6H2. The normalized spacial score (nSPS) is 19.3. The van der Waals surface area contributed by atoms with Gasteiger partial charge in [0.25, 0.3) is 0 Å². The summed E-state index contributed by atoms with van der Waals surface area (Å²) >= 11 is 5.07. The Kier molecular flexibility index (Phi) is 3.02. The van der Waals surface area contributed by atoms with Crippen LogP contribution in [0.4, 0.5) is 0 Å². The smallest absolute Gasteiger partial charge is 0.191 e. The van der Waals surface area contributed by atoms with Crippen LogP contribution in [0.1, 0.15) is 24.6 Å². The van der Waals surface area contributed by atoms with Crippen LogP contribution in [0.2, 0.25) is 0 Å². The van der Waals surface area contributed by atoms with Crippen LogP contribution in [0.25, 0.3) is 10.7 Å². The second-order valence-corrected chi connectivity index (χ2v) is 6.61. The fourth-order valence-corrected chi connectivity index (χ4v) is 3.46. The largest absolute Gasteiger partial charge is 0.396 e. The molecule has 1 unspecified atom stereocenters. The van der Waals surface area contributed by atoms with Gasteiger partial charge in [-0.15, -0.1) is 16.4 Å². The van der Waals surface area contributed by atoms with Gasteiger partial charge in [0, 0.05) is 12.5 Å². The minimum atomic E-state index is 0.147. The molecule has 1 atom stereocenters. The Bertz CT molecular complexity index is 537. The highest BCUT2D eigenvalue weighted by Crippen LogP contribution is 2.32. The fraction of sp³-hybridized carbons (Fsp3) is 0.455. The number of halogens is 1. The van der Waals surface area contributed by atoms with Crippen molar-refractivity contribution in [2.75, 3.05) is 6.61 Å². The average Bonchev–Trinajstić information content (AvgIpc) is 2.93. The highest BCUT2D eigenvalue weighted by Gasteiger charge is 2.24.